The predicted octanol–water partition coefficient (Wildman–Crippen LogP) is 2.57. The van der Waals surface area contributed by atoms with Gasteiger partial charge in [-0.2, -0.15) is 0 Å². The van der Waals surface area contributed by atoms with Crippen molar-refractivity contribution < 1.29 is 14.3 Å². The maximum absolute atomic E-state index is 11.0. The second kappa shape index (κ2) is 8.91. The molecule has 0 spiro atoms. The summed E-state index contributed by atoms with van der Waals surface area (Å²) in [5, 5.41) is 4.03. The van der Waals surface area contributed by atoms with Crippen molar-refractivity contribution in [3.8, 4) is 0 Å². The third-order valence-electron chi connectivity index (χ3n) is 2.59. The fourth-order valence-corrected chi connectivity index (χ4v) is 1.70. The minimum absolute atomic E-state index is 0.00481. The fourth-order valence-electron chi connectivity index (χ4n) is 1.58. The van der Waals surface area contributed by atoms with Crippen LogP contribution >= 0.6 is 11.6 Å². The van der Waals surface area contributed by atoms with Gasteiger partial charge in [0.25, 0.3) is 0 Å². The second-order valence-electron chi connectivity index (χ2n) is 4.08. The van der Waals surface area contributed by atoms with Crippen molar-refractivity contribution in [2.75, 3.05) is 26.4 Å². The molecule has 1 aromatic carbocycles. The quantitative estimate of drug-likeness (QED) is 0.589. The summed E-state index contributed by atoms with van der Waals surface area (Å²) in [6, 6.07) is 7.92. The van der Waals surface area contributed by atoms with Crippen LogP contribution < -0.4 is 5.32 Å². The third kappa shape index (κ3) is 6.57. The van der Waals surface area contributed by atoms with E-state index >= 15 is 0 Å². The van der Waals surface area contributed by atoms with Gasteiger partial charge in [-0.1, -0.05) is 23.7 Å². The second-order valence-corrected chi connectivity index (χ2v) is 4.52. The van der Waals surface area contributed by atoms with Crippen LogP contribution in [0.5, 0.6) is 0 Å². The van der Waals surface area contributed by atoms with Crippen molar-refractivity contribution in [1.82, 2.24) is 5.32 Å². The molecule has 0 aliphatic rings. The minimum atomic E-state index is -0.326. The summed E-state index contributed by atoms with van der Waals surface area (Å²) in [6.07, 6.45) is 0. The van der Waals surface area contributed by atoms with E-state index in [1.165, 1.54) is 0 Å². The van der Waals surface area contributed by atoms with E-state index in [0.717, 1.165) is 10.6 Å². The number of ether oxygens (including phenoxy) is 2. The van der Waals surface area contributed by atoms with Gasteiger partial charge < -0.3 is 14.8 Å². The zero-order chi connectivity index (χ0) is 14.1. The number of hydrogen-bond donors (Lipinski definition) is 1. The van der Waals surface area contributed by atoms with Gasteiger partial charge in [0.1, 0.15) is 6.61 Å². The van der Waals surface area contributed by atoms with Gasteiger partial charge in [0, 0.05) is 17.6 Å². The number of carbonyl (C=O) groups is 1. The molecular weight excluding hydrogens is 266 g/mol. The molecular formula is C14H20ClNO3. The Kier molecular flexibility index (Phi) is 7.48. The summed E-state index contributed by atoms with van der Waals surface area (Å²) >= 11 is 5.83. The monoisotopic (exact) mass is 285 g/mol. The number of benzene rings is 1. The average molecular weight is 286 g/mol. The van der Waals surface area contributed by atoms with Crippen LogP contribution in [0.15, 0.2) is 24.3 Å². The Labute approximate surface area is 119 Å². The van der Waals surface area contributed by atoms with E-state index in [1.807, 2.05) is 24.3 Å². The highest BCUT2D eigenvalue weighted by Gasteiger charge is 2.05. The number of carbonyl (C=O) groups excluding carboxylic acids is 1. The lowest BCUT2D eigenvalue weighted by atomic mass is 10.1. The molecule has 4 nitrogen and oxygen atoms in total. The number of hydrogen-bond acceptors (Lipinski definition) is 4. The van der Waals surface area contributed by atoms with Gasteiger partial charge in [-0.3, -0.25) is 0 Å². The van der Waals surface area contributed by atoms with Crippen LogP contribution in [0.1, 0.15) is 25.5 Å². The first-order valence-electron chi connectivity index (χ1n) is 6.35. The largest absolute Gasteiger partial charge is 0.464 e. The van der Waals surface area contributed by atoms with Gasteiger partial charge in [0.05, 0.1) is 13.2 Å². The van der Waals surface area contributed by atoms with E-state index in [0.29, 0.717) is 19.8 Å². The summed E-state index contributed by atoms with van der Waals surface area (Å²) < 4.78 is 9.95. The van der Waals surface area contributed by atoms with E-state index in [-0.39, 0.29) is 18.6 Å². The van der Waals surface area contributed by atoms with E-state index in [2.05, 4.69) is 12.2 Å². The third-order valence-corrected chi connectivity index (χ3v) is 2.84. The van der Waals surface area contributed by atoms with Gasteiger partial charge in [-0.25, -0.2) is 4.79 Å². The van der Waals surface area contributed by atoms with Gasteiger partial charge in [0.15, 0.2) is 0 Å². The Hall–Kier alpha value is -1.10. The Morgan fingerprint density at radius 1 is 1.37 bits per heavy atom. The molecule has 1 rings (SSSR count). The van der Waals surface area contributed by atoms with E-state index in [9.17, 15) is 4.79 Å². The first-order chi connectivity index (χ1) is 9.13. The van der Waals surface area contributed by atoms with Gasteiger partial charge in [0.2, 0.25) is 0 Å². The summed E-state index contributed by atoms with van der Waals surface area (Å²) in [6.45, 7) is 5.36. The Bertz CT molecular complexity index is 381. The van der Waals surface area contributed by atoms with Crippen molar-refractivity contribution in [2.45, 2.75) is 19.9 Å². The molecule has 19 heavy (non-hydrogen) atoms. The zero-order valence-electron chi connectivity index (χ0n) is 11.3. The van der Waals surface area contributed by atoms with Crippen LogP contribution in [-0.4, -0.2) is 32.3 Å². The predicted molar refractivity (Wildman–Crippen MR) is 75.3 cm³/mol. The van der Waals surface area contributed by atoms with E-state index in [4.69, 9.17) is 21.1 Å². The molecule has 0 amide bonds. The molecule has 0 unspecified atom stereocenters. The highest BCUT2D eigenvalue weighted by molar-refractivity contribution is 6.30. The molecule has 0 aliphatic heterocycles. The van der Waals surface area contributed by atoms with Crippen LogP contribution in [0.3, 0.4) is 0 Å². The lowest BCUT2D eigenvalue weighted by Gasteiger charge is -2.14. The smallest absolute Gasteiger partial charge is 0.332 e. The van der Waals surface area contributed by atoms with Crippen LogP contribution in [0.4, 0.5) is 0 Å². The highest BCUT2D eigenvalue weighted by atomic mass is 35.5. The SMILES string of the molecule is CCOC(=O)COCCN[C@H](C)c1ccc(Cl)cc1. The molecule has 1 atom stereocenters. The molecule has 0 saturated carbocycles. The molecule has 0 radical (unpaired) electrons. The number of rotatable bonds is 8. The van der Waals surface area contributed by atoms with Crippen molar-refractivity contribution in [3.05, 3.63) is 34.9 Å². The molecule has 0 saturated heterocycles. The van der Waals surface area contributed by atoms with Gasteiger partial charge in [-0.15, -0.1) is 0 Å². The standard InChI is InChI=1S/C14H20ClNO3/c1-3-19-14(17)10-18-9-8-16-11(2)12-4-6-13(15)7-5-12/h4-7,11,16H,3,8-10H2,1-2H3/t11-/m1/s1. The molecule has 0 aliphatic carbocycles. The summed E-state index contributed by atoms with van der Waals surface area (Å²) in [5.74, 6) is -0.326. The lowest BCUT2D eigenvalue weighted by Crippen LogP contribution is -2.24. The molecule has 0 bridgehead atoms. The van der Waals surface area contributed by atoms with Gasteiger partial charge >= 0.3 is 5.97 Å². The highest BCUT2D eigenvalue weighted by Crippen LogP contribution is 2.15. The van der Waals surface area contributed by atoms with Crippen LogP contribution in [0, 0.1) is 0 Å². The topological polar surface area (TPSA) is 47.6 Å². The zero-order valence-corrected chi connectivity index (χ0v) is 12.1. The molecule has 5 heteroatoms. The first-order valence-corrected chi connectivity index (χ1v) is 6.73. The van der Waals surface area contributed by atoms with Crippen molar-refractivity contribution in [2.24, 2.45) is 0 Å². The summed E-state index contributed by atoms with van der Waals surface area (Å²) in [4.78, 5) is 11.0. The molecule has 0 heterocycles. The molecule has 0 aromatic heterocycles. The van der Waals surface area contributed by atoms with Crippen LogP contribution in [0.25, 0.3) is 0 Å². The molecule has 1 aromatic rings. The number of halogens is 1. The lowest BCUT2D eigenvalue weighted by molar-refractivity contribution is -0.148. The summed E-state index contributed by atoms with van der Waals surface area (Å²) in [5.41, 5.74) is 1.16. The van der Waals surface area contributed by atoms with Crippen molar-refractivity contribution >= 4 is 17.6 Å². The van der Waals surface area contributed by atoms with E-state index in [1.54, 1.807) is 6.92 Å². The molecule has 1 N–H and O–H groups in total. The van der Waals surface area contributed by atoms with E-state index < -0.39 is 0 Å². The maximum atomic E-state index is 11.0. The normalized spacial score (nSPS) is 12.2. The minimum Gasteiger partial charge on any atom is -0.464 e. The van der Waals surface area contributed by atoms with Gasteiger partial charge in [-0.05, 0) is 31.5 Å². The first kappa shape index (κ1) is 16.0. The van der Waals surface area contributed by atoms with Crippen LogP contribution in [-0.2, 0) is 14.3 Å². The van der Waals surface area contributed by atoms with Crippen LogP contribution in [0.2, 0.25) is 5.02 Å². The molecule has 106 valence electrons. The number of esters is 1. The Morgan fingerprint density at radius 2 is 2.05 bits per heavy atom. The number of nitrogens with one attached hydrogen (secondary N) is 1. The molecule has 0 fully saturated rings. The Morgan fingerprint density at radius 3 is 2.68 bits per heavy atom. The average Bonchev–Trinajstić information content (AvgIpc) is 2.39. The fraction of sp³-hybridized carbons (Fsp3) is 0.500. The van der Waals surface area contributed by atoms with Crippen molar-refractivity contribution in [3.63, 3.8) is 0 Å². The Balaban J connectivity index is 2.15. The van der Waals surface area contributed by atoms with Crippen molar-refractivity contribution in [1.29, 1.82) is 0 Å². The summed E-state index contributed by atoms with van der Waals surface area (Å²) in [7, 11) is 0. The maximum Gasteiger partial charge on any atom is 0.332 e.